The van der Waals surface area contributed by atoms with Crippen molar-refractivity contribution >= 4 is 21.4 Å². The molecule has 0 aromatic carbocycles. The van der Waals surface area contributed by atoms with E-state index in [1.807, 2.05) is 26.3 Å². The second-order valence-corrected chi connectivity index (χ2v) is 7.78. The molecule has 0 aliphatic carbocycles. The molecule has 114 valence electrons. The lowest BCUT2D eigenvalue weighted by Crippen LogP contribution is -2.41. The zero-order valence-corrected chi connectivity index (χ0v) is 13.7. The first-order valence-corrected chi connectivity index (χ1v) is 9.17. The van der Waals surface area contributed by atoms with Crippen molar-refractivity contribution in [1.29, 1.82) is 0 Å². The van der Waals surface area contributed by atoms with Gasteiger partial charge in [0, 0.05) is 24.1 Å². The van der Waals surface area contributed by atoms with Crippen molar-refractivity contribution in [3.8, 4) is 0 Å². The van der Waals surface area contributed by atoms with Crippen LogP contribution in [0, 0.1) is 6.92 Å². The highest BCUT2D eigenvalue weighted by Crippen LogP contribution is 2.27. The molecule has 1 aromatic heterocycles. The summed E-state index contributed by atoms with van der Waals surface area (Å²) >= 11 is 1.47. The van der Waals surface area contributed by atoms with Crippen molar-refractivity contribution < 1.29 is 13.2 Å². The monoisotopic (exact) mass is 318 g/mol. The summed E-state index contributed by atoms with van der Waals surface area (Å²) in [6.07, 6.45) is 1.89. The maximum Gasteiger partial charge on any atom is 0.242 e. The molecule has 2 heterocycles. The summed E-state index contributed by atoms with van der Waals surface area (Å²) in [6, 6.07) is -0.204. The molecule has 0 bridgehead atoms. The van der Waals surface area contributed by atoms with Gasteiger partial charge in [-0.1, -0.05) is 0 Å². The van der Waals surface area contributed by atoms with E-state index in [1.54, 1.807) is 0 Å². The summed E-state index contributed by atoms with van der Waals surface area (Å²) in [6.45, 7) is 4.98. The predicted octanol–water partition coefficient (Wildman–Crippen LogP) is 1.62. The Morgan fingerprint density at radius 1 is 1.55 bits per heavy atom. The van der Waals surface area contributed by atoms with Gasteiger partial charge in [-0.2, -0.15) is 0 Å². The maximum atomic E-state index is 12.6. The average molecular weight is 318 g/mol. The molecule has 5 nitrogen and oxygen atoms in total. The fourth-order valence-corrected chi connectivity index (χ4v) is 5.60. The number of ether oxygens (including phenoxy) is 1. The van der Waals surface area contributed by atoms with Crippen LogP contribution >= 0.6 is 11.3 Å². The van der Waals surface area contributed by atoms with E-state index in [-0.39, 0.29) is 12.1 Å². The summed E-state index contributed by atoms with van der Waals surface area (Å²) in [4.78, 5) is 1.26. The predicted molar refractivity (Wildman–Crippen MR) is 80.6 cm³/mol. The van der Waals surface area contributed by atoms with Gasteiger partial charge in [-0.3, -0.25) is 0 Å². The number of hydrogen-bond acceptors (Lipinski definition) is 5. The first kappa shape index (κ1) is 15.9. The van der Waals surface area contributed by atoms with Crippen molar-refractivity contribution in [2.45, 2.75) is 50.3 Å². The van der Waals surface area contributed by atoms with Gasteiger partial charge >= 0.3 is 0 Å². The Labute approximate surface area is 124 Å². The van der Waals surface area contributed by atoms with Crippen LogP contribution < -0.4 is 10.0 Å². The summed E-state index contributed by atoms with van der Waals surface area (Å²) in [5, 5.41) is 4.90. The third-order valence-electron chi connectivity index (χ3n) is 3.46. The van der Waals surface area contributed by atoms with Crippen LogP contribution in [0.1, 0.15) is 30.2 Å². The second-order valence-electron chi connectivity index (χ2n) is 5.16. The third-order valence-corrected chi connectivity index (χ3v) is 6.48. The van der Waals surface area contributed by atoms with Crippen LogP contribution in [0.2, 0.25) is 0 Å². The lowest BCUT2D eigenvalue weighted by molar-refractivity contribution is 0.0902. The van der Waals surface area contributed by atoms with E-state index >= 15 is 0 Å². The van der Waals surface area contributed by atoms with Gasteiger partial charge in [0.1, 0.15) is 4.90 Å². The quantitative estimate of drug-likeness (QED) is 0.836. The van der Waals surface area contributed by atoms with Gasteiger partial charge in [-0.15, -0.1) is 11.3 Å². The molecule has 1 aromatic rings. The lowest BCUT2D eigenvalue weighted by atomic mass is 10.1. The van der Waals surface area contributed by atoms with Crippen molar-refractivity contribution in [3.63, 3.8) is 0 Å². The molecule has 1 fully saturated rings. The molecule has 0 saturated carbocycles. The Bertz CT molecular complexity index is 548. The standard InChI is InChI=1S/C13H22N2O3S2/c1-9-8-19-12(7-14-3)13(9)20(16,17)15-10(2)11-5-4-6-18-11/h8,10-11,14-15H,4-7H2,1-3H3. The van der Waals surface area contributed by atoms with E-state index in [4.69, 9.17) is 4.74 Å². The number of aryl methyl sites for hydroxylation is 1. The van der Waals surface area contributed by atoms with Gasteiger partial charge in [0.05, 0.1) is 6.10 Å². The van der Waals surface area contributed by atoms with Gasteiger partial charge < -0.3 is 10.1 Å². The summed E-state index contributed by atoms with van der Waals surface area (Å²) < 4.78 is 33.5. The molecular weight excluding hydrogens is 296 g/mol. The largest absolute Gasteiger partial charge is 0.377 e. The van der Waals surface area contributed by atoms with Crippen LogP contribution in [0.3, 0.4) is 0 Å². The zero-order valence-electron chi connectivity index (χ0n) is 12.1. The molecule has 1 aliphatic rings. The second kappa shape index (κ2) is 6.53. The topological polar surface area (TPSA) is 67.4 Å². The Morgan fingerprint density at radius 2 is 2.30 bits per heavy atom. The van der Waals surface area contributed by atoms with Crippen molar-refractivity contribution in [2.24, 2.45) is 0 Å². The van der Waals surface area contributed by atoms with Crippen LogP contribution in [0.4, 0.5) is 0 Å². The van der Waals surface area contributed by atoms with Gasteiger partial charge in [0.25, 0.3) is 0 Å². The van der Waals surface area contributed by atoms with Crippen molar-refractivity contribution in [3.05, 3.63) is 15.8 Å². The van der Waals surface area contributed by atoms with Gasteiger partial charge in [-0.05, 0) is 44.7 Å². The number of nitrogens with one attached hydrogen (secondary N) is 2. The molecule has 1 saturated heterocycles. The van der Waals surface area contributed by atoms with Gasteiger partial charge in [0.15, 0.2) is 0 Å². The molecular formula is C13H22N2O3S2. The van der Waals surface area contributed by atoms with Crippen molar-refractivity contribution in [1.82, 2.24) is 10.0 Å². The van der Waals surface area contributed by atoms with E-state index < -0.39 is 10.0 Å². The molecule has 0 spiro atoms. The molecule has 0 amide bonds. The average Bonchev–Trinajstić information content (AvgIpc) is 2.99. The minimum absolute atomic E-state index is 0.0172. The van der Waals surface area contributed by atoms with Crippen molar-refractivity contribution in [2.75, 3.05) is 13.7 Å². The number of thiophene rings is 1. The minimum Gasteiger partial charge on any atom is -0.377 e. The highest BCUT2D eigenvalue weighted by molar-refractivity contribution is 7.89. The van der Waals surface area contributed by atoms with E-state index in [1.165, 1.54) is 11.3 Å². The van der Waals surface area contributed by atoms with Crippen LogP contribution in [0.5, 0.6) is 0 Å². The highest BCUT2D eigenvalue weighted by Gasteiger charge is 2.29. The molecule has 0 radical (unpaired) electrons. The molecule has 2 atom stereocenters. The highest BCUT2D eigenvalue weighted by atomic mass is 32.2. The first-order chi connectivity index (χ1) is 9.45. The SMILES string of the molecule is CNCc1scc(C)c1S(=O)(=O)NC(C)C1CCCO1. The minimum atomic E-state index is -3.50. The smallest absolute Gasteiger partial charge is 0.242 e. The Kier molecular flexibility index (Phi) is 5.19. The van der Waals surface area contributed by atoms with Crippen LogP contribution in [-0.2, 0) is 21.3 Å². The van der Waals surface area contributed by atoms with E-state index in [2.05, 4.69) is 10.0 Å². The number of rotatable bonds is 6. The van der Waals surface area contributed by atoms with E-state index in [9.17, 15) is 8.42 Å². The maximum absolute atomic E-state index is 12.6. The van der Waals surface area contributed by atoms with Crippen LogP contribution in [0.25, 0.3) is 0 Å². The molecule has 2 unspecified atom stereocenters. The zero-order chi connectivity index (χ0) is 14.8. The fraction of sp³-hybridized carbons (Fsp3) is 0.692. The third kappa shape index (κ3) is 3.40. The molecule has 1 aliphatic heterocycles. The molecule has 20 heavy (non-hydrogen) atoms. The summed E-state index contributed by atoms with van der Waals surface area (Å²) in [5.74, 6) is 0. The van der Waals surface area contributed by atoms with Gasteiger partial charge in [-0.25, -0.2) is 13.1 Å². The lowest BCUT2D eigenvalue weighted by Gasteiger charge is -2.20. The summed E-state index contributed by atoms with van der Waals surface area (Å²) in [5.41, 5.74) is 0.798. The van der Waals surface area contributed by atoms with E-state index in [0.29, 0.717) is 11.4 Å². The Morgan fingerprint density at radius 3 is 2.90 bits per heavy atom. The molecule has 2 N–H and O–H groups in total. The Balaban J connectivity index is 2.19. The number of sulfonamides is 1. The molecule has 7 heteroatoms. The molecule has 2 rings (SSSR count). The van der Waals surface area contributed by atoms with Crippen LogP contribution in [0.15, 0.2) is 10.3 Å². The van der Waals surface area contributed by atoms with E-state index in [0.717, 1.165) is 29.9 Å². The Hall–Kier alpha value is -0.470. The normalized spacial score (nSPS) is 21.2. The number of hydrogen-bond donors (Lipinski definition) is 2. The first-order valence-electron chi connectivity index (χ1n) is 6.81. The fourth-order valence-electron chi connectivity index (χ4n) is 2.51. The summed E-state index contributed by atoms with van der Waals surface area (Å²) in [7, 11) is -1.68. The van der Waals surface area contributed by atoms with Crippen LogP contribution in [-0.4, -0.2) is 34.2 Å². The van der Waals surface area contributed by atoms with Gasteiger partial charge in [0.2, 0.25) is 10.0 Å².